The molecule has 3 aromatic rings. The van der Waals surface area contributed by atoms with Crippen LogP contribution >= 0.6 is 0 Å². The van der Waals surface area contributed by atoms with Crippen LogP contribution in [0.5, 0.6) is 0 Å². The minimum Gasteiger partial charge on any atom is -0.478 e. The summed E-state index contributed by atoms with van der Waals surface area (Å²) in [6.07, 6.45) is 1.60. The van der Waals surface area contributed by atoms with Crippen molar-refractivity contribution in [1.29, 1.82) is 0 Å². The molecule has 1 heterocycles. The first-order valence-corrected chi connectivity index (χ1v) is 7.07. The van der Waals surface area contributed by atoms with Gasteiger partial charge in [-0.05, 0) is 42.0 Å². The molecular formula is C18H13FN2O3. The van der Waals surface area contributed by atoms with Crippen LogP contribution in [0, 0.1) is 5.82 Å². The van der Waals surface area contributed by atoms with Crippen LogP contribution in [-0.4, -0.2) is 20.9 Å². The number of rotatable bonds is 3. The number of hydrogen-bond acceptors (Lipinski definition) is 2. The number of aromatic carboxylic acids is 1. The van der Waals surface area contributed by atoms with Gasteiger partial charge < -0.3 is 5.11 Å². The standard InChI is InChI=1S/C18H13FN2O3/c1-11-16(9-12-5-7-14(19)8-6-12)17(22)21(20-11)15-4-2-3-13(10-15)18(23)24/h2-10,20H,1H2,(H,23,24)/b16-9-. The van der Waals surface area contributed by atoms with Crippen LogP contribution in [0.3, 0.4) is 0 Å². The molecule has 0 unspecified atom stereocenters. The average Bonchev–Trinajstić information content (AvgIpc) is 2.85. The molecule has 0 bridgehead atoms. The molecule has 0 aliphatic carbocycles. The van der Waals surface area contributed by atoms with E-state index in [9.17, 15) is 14.0 Å². The van der Waals surface area contributed by atoms with Crippen LogP contribution in [-0.2, 0) is 0 Å². The molecule has 0 fully saturated rings. The van der Waals surface area contributed by atoms with Crippen molar-refractivity contribution in [2.24, 2.45) is 0 Å². The SMILES string of the molecule is C=c1[nH]n(-c2cccc(C(=O)O)c2)c(=O)/c1=C\c1ccc(F)cc1. The number of carbonyl (C=O) groups is 1. The maximum atomic E-state index is 13.0. The molecule has 3 rings (SSSR count). The van der Waals surface area contributed by atoms with Crippen molar-refractivity contribution in [2.45, 2.75) is 0 Å². The van der Waals surface area contributed by atoms with E-state index in [0.717, 1.165) is 0 Å². The largest absolute Gasteiger partial charge is 0.478 e. The van der Waals surface area contributed by atoms with E-state index in [4.69, 9.17) is 5.11 Å². The van der Waals surface area contributed by atoms with Gasteiger partial charge in [-0.1, -0.05) is 24.8 Å². The van der Waals surface area contributed by atoms with Crippen molar-refractivity contribution < 1.29 is 14.3 Å². The van der Waals surface area contributed by atoms with Crippen LogP contribution in [0.1, 0.15) is 15.9 Å². The first kappa shape index (κ1) is 15.5. The van der Waals surface area contributed by atoms with Gasteiger partial charge >= 0.3 is 5.97 Å². The van der Waals surface area contributed by atoms with E-state index < -0.39 is 5.97 Å². The molecule has 5 nitrogen and oxygen atoms in total. The predicted molar refractivity (Wildman–Crippen MR) is 88.1 cm³/mol. The van der Waals surface area contributed by atoms with Crippen molar-refractivity contribution in [3.8, 4) is 5.69 Å². The molecule has 0 spiro atoms. The lowest BCUT2D eigenvalue weighted by atomic mass is 10.2. The summed E-state index contributed by atoms with van der Waals surface area (Å²) >= 11 is 0. The lowest BCUT2D eigenvalue weighted by Crippen LogP contribution is -2.34. The molecule has 2 aromatic carbocycles. The molecule has 0 saturated heterocycles. The van der Waals surface area contributed by atoms with Crippen molar-refractivity contribution in [3.63, 3.8) is 0 Å². The minimum atomic E-state index is -1.08. The fraction of sp³-hybridized carbons (Fsp3) is 0. The number of benzene rings is 2. The van der Waals surface area contributed by atoms with Gasteiger partial charge in [-0.3, -0.25) is 9.89 Å². The Balaban J connectivity index is 2.15. The number of nitrogens with zero attached hydrogens (tertiary/aromatic N) is 1. The van der Waals surface area contributed by atoms with Gasteiger partial charge in [0, 0.05) is 0 Å². The Bertz CT molecular complexity index is 1080. The molecular weight excluding hydrogens is 311 g/mol. The second-order valence-corrected chi connectivity index (χ2v) is 5.20. The van der Waals surface area contributed by atoms with Gasteiger partial charge in [0.1, 0.15) is 5.82 Å². The van der Waals surface area contributed by atoms with E-state index in [0.29, 0.717) is 21.8 Å². The Morgan fingerprint density at radius 2 is 1.92 bits per heavy atom. The topological polar surface area (TPSA) is 75.1 Å². The average molecular weight is 324 g/mol. The number of carboxylic acids is 1. The lowest BCUT2D eigenvalue weighted by molar-refractivity contribution is 0.0697. The quantitative estimate of drug-likeness (QED) is 0.761. The van der Waals surface area contributed by atoms with Gasteiger partial charge in [0.25, 0.3) is 5.56 Å². The zero-order valence-electron chi connectivity index (χ0n) is 12.5. The van der Waals surface area contributed by atoms with Gasteiger partial charge in [-0.2, -0.15) is 0 Å². The van der Waals surface area contributed by atoms with Gasteiger partial charge in [0.05, 0.1) is 21.8 Å². The summed E-state index contributed by atoms with van der Waals surface area (Å²) in [4.78, 5) is 23.6. The predicted octanol–water partition coefficient (Wildman–Crippen LogP) is 1.24. The molecule has 0 aliphatic rings. The van der Waals surface area contributed by atoms with E-state index in [-0.39, 0.29) is 16.9 Å². The molecule has 6 heteroatoms. The summed E-state index contributed by atoms with van der Waals surface area (Å²) in [5, 5.41) is 12.6. The molecule has 2 N–H and O–H groups in total. The maximum Gasteiger partial charge on any atom is 0.335 e. The monoisotopic (exact) mass is 324 g/mol. The van der Waals surface area contributed by atoms with Crippen LogP contribution in [0.4, 0.5) is 4.39 Å². The summed E-state index contributed by atoms with van der Waals surface area (Å²) < 4.78 is 14.2. The van der Waals surface area contributed by atoms with E-state index in [1.165, 1.54) is 28.9 Å². The molecule has 24 heavy (non-hydrogen) atoms. The highest BCUT2D eigenvalue weighted by molar-refractivity contribution is 5.88. The Labute approximate surface area is 135 Å². The minimum absolute atomic E-state index is 0.0728. The highest BCUT2D eigenvalue weighted by atomic mass is 19.1. The van der Waals surface area contributed by atoms with E-state index in [1.54, 1.807) is 30.3 Å². The Morgan fingerprint density at radius 3 is 2.58 bits per heavy atom. The molecule has 0 amide bonds. The molecule has 0 aliphatic heterocycles. The van der Waals surface area contributed by atoms with E-state index in [1.807, 2.05) is 0 Å². The smallest absolute Gasteiger partial charge is 0.335 e. The highest BCUT2D eigenvalue weighted by Crippen LogP contribution is 2.07. The molecule has 120 valence electrons. The lowest BCUT2D eigenvalue weighted by Gasteiger charge is -2.02. The number of aromatic nitrogens is 2. The van der Waals surface area contributed by atoms with Crippen molar-refractivity contribution in [3.05, 3.63) is 86.4 Å². The van der Waals surface area contributed by atoms with Crippen LogP contribution in [0.2, 0.25) is 0 Å². The first-order valence-electron chi connectivity index (χ1n) is 7.07. The third-order valence-corrected chi connectivity index (χ3v) is 3.54. The molecule has 0 atom stereocenters. The molecule has 0 radical (unpaired) electrons. The Hall–Kier alpha value is -3.41. The summed E-state index contributed by atoms with van der Waals surface area (Å²) in [6, 6.07) is 11.7. The van der Waals surface area contributed by atoms with Gasteiger partial charge in [0.15, 0.2) is 0 Å². The molecule has 1 aromatic heterocycles. The van der Waals surface area contributed by atoms with Crippen molar-refractivity contribution >= 4 is 18.6 Å². The fourth-order valence-electron chi connectivity index (χ4n) is 2.33. The van der Waals surface area contributed by atoms with E-state index >= 15 is 0 Å². The van der Waals surface area contributed by atoms with Gasteiger partial charge in [0.2, 0.25) is 0 Å². The first-order chi connectivity index (χ1) is 11.5. The van der Waals surface area contributed by atoms with Gasteiger partial charge in [-0.15, -0.1) is 0 Å². The zero-order chi connectivity index (χ0) is 17.3. The summed E-state index contributed by atoms with van der Waals surface area (Å²) in [7, 11) is 0. The van der Waals surface area contributed by atoms with Crippen molar-refractivity contribution in [1.82, 2.24) is 9.78 Å². The maximum absolute atomic E-state index is 13.0. The van der Waals surface area contributed by atoms with E-state index in [2.05, 4.69) is 11.7 Å². The van der Waals surface area contributed by atoms with Crippen LogP contribution < -0.4 is 16.1 Å². The third-order valence-electron chi connectivity index (χ3n) is 3.54. The molecule has 0 saturated carbocycles. The number of aromatic amines is 1. The summed E-state index contributed by atoms with van der Waals surface area (Å²) in [6.45, 7) is 3.80. The normalized spacial score (nSPS) is 11.6. The van der Waals surface area contributed by atoms with Crippen LogP contribution in [0.15, 0.2) is 53.3 Å². The van der Waals surface area contributed by atoms with Gasteiger partial charge in [-0.25, -0.2) is 13.9 Å². The number of carboxylic acid groups (broad SMARTS) is 1. The summed E-state index contributed by atoms with van der Waals surface area (Å²) in [5.74, 6) is -1.44. The third kappa shape index (κ3) is 2.89. The van der Waals surface area contributed by atoms with Crippen molar-refractivity contribution in [2.75, 3.05) is 0 Å². The number of H-pyrrole nitrogens is 1. The van der Waals surface area contributed by atoms with Crippen LogP contribution in [0.25, 0.3) is 18.3 Å². The Kier molecular flexibility index (Phi) is 3.87. The Morgan fingerprint density at radius 1 is 1.21 bits per heavy atom. The number of hydrogen-bond donors (Lipinski definition) is 2. The number of nitrogens with one attached hydrogen (secondary N) is 1. The zero-order valence-corrected chi connectivity index (χ0v) is 12.5. The highest BCUT2D eigenvalue weighted by Gasteiger charge is 2.08. The second-order valence-electron chi connectivity index (χ2n) is 5.20. The fourth-order valence-corrected chi connectivity index (χ4v) is 2.33. The summed E-state index contributed by atoms with van der Waals surface area (Å²) in [5.41, 5.74) is 0.753. The second kappa shape index (κ2) is 6.00. The number of halogens is 1.